The van der Waals surface area contributed by atoms with Crippen molar-refractivity contribution in [2.75, 3.05) is 6.61 Å². The van der Waals surface area contributed by atoms with Crippen LogP contribution in [-0.4, -0.2) is 17.0 Å². The summed E-state index contributed by atoms with van der Waals surface area (Å²) in [6.45, 7) is 2.25. The fourth-order valence-electron chi connectivity index (χ4n) is 2.79. The molecule has 2 aromatic heterocycles. The minimum atomic E-state index is -0.224. The van der Waals surface area contributed by atoms with Gasteiger partial charge in [0.1, 0.15) is 0 Å². The van der Waals surface area contributed by atoms with Crippen molar-refractivity contribution < 1.29 is 9.53 Å². The van der Waals surface area contributed by atoms with Crippen LogP contribution in [0.2, 0.25) is 0 Å². The minimum absolute atomic E-state index is 0.224. The number of esters is 1. The van der Waals surface area contributed by atoms with Gasteiger partial charge in [0.15, 0.2) is 0 Å². The summed E-state index contributed by atoms with van der Waals surface area (Å²) in [6, 6.07) is 5.92. The van der Waals surface area contributed by atoms with E-state index in [9.17, 15) is 4.79 Å². The molecule has 3 nitrogen and oxygen atoms in total. The zero-order valence-electron chi connectivity index (χ0n) is 10.6. The van der Waals surface area contributed by atoms with Crippen molar-refractivity contribution in [2.24, 2.45) is 0 Å². The third-order valence-corrected chi connectivity index (χ3v) is 3.61. The Kier molecular flexibility index (Phi) is 2.82. The summed E-state index contributed by atoms with van der Waals surface area (Å²) >= 11 is 0. The number of fused-ring (bicyclic) bond motifs is 3. The van der Waals surface area contributed by atoms with Crippen molar-refractivity contribution in [3.8, 4) is 0 Å². The second kappa shape index (κ2) is 4.48. The normalized spacial score (nSPS) is 14.5. The first kappa shape index (κ1) is 11.3. The zero-order valence-corrected chi connectivity index (χ0v) is 10.6. The Labute approximate surface area is 106 Å². The predicted octanol–water partition coefficient (Wildman–Crippen LogP) is 2.99. The highest BCUT2D eigenvalue weighted by molar-refractivity contribution is 5.97. The second-order valence-corrected chi connectivity index (χ2v) is 4.72. The second-order valence-electron chi connectivity index (χ2n) is 4.72. The number of hydrogen-bond donors (Lipinski definition) is 0. The number of carbonyl (C=O) groups is 1. The third kappa shape index (κ3) is 1.70. The Morgan fingerprint density at radius 2 is 2.22 bits per heavy atom. The fourth-order valence-corrected chi connectivity index (χ4v) is 2.79. The number of aryl methyl sites for hydroxylation is 2. The van der Waals surface area contributed by atoms with E-state index in [1.54, 1.807) is 0 Å². The molecule has 2 heterocycles. The monoisotopic (exact) mass is 243 g/mol. The summed E-state index contributed by atoms with van der Waals surface area (Å²) in [5, 5.41) is 0. The smallest absolute Gasteiger partial charge is 0.340 e. The van der Waals surface area contributed by atoms with Gasteiger partial charge in [0.2, 0.25) is 0 Å². The number of hydrogen-bond acceptors (Lipinski definition) is 2. The van der Waals surface area contributed by atoms with Crippen LogP contribution in [0.25, 0.3) is 5.52 Å². The molecule has 1 aliphatic carbocycles. The first-order chi connectivity index (χ1) is 8.81. The van der Waals surface area contributed by atoms with E-state index in [1.807, 2.05) is 25.3 Å². The van der Waals surface area contributed by atoms with Gasteiger partial charge in [-0.3, -0.25) is 0 Å². The van der Waals surface area contributed by atoms with Gasteiger partial charge < -0.3 is 9.14 Å². The molecule has 0 radical (unpaired) electrons. The standard InChI is InChI=1S/C15H17NO2/c1-2-18-15(17)12-7-5-9-16-13-8-4-3-6-11(13)10-14(12)16/h5,7,9-10H,2-4,6,8H2,1H3. The molecule has 0 bridgehead atoms. The summed E-state index contributed by atoms with van der Waals surface area (Å²) in [7, 11) is 0. The van der Waals surface area contributed by atoms with Crippen LogP contribution in [0.3, 0.4) is 0 Å². The van der Waals surface area contributed by atoms with E-state index in [0.717, 1.165) is 18.4 Å². The van der Waals surface area contributed by atoms with Crippen molar-refractivity contribution in [2.45, 2.75) is 32.6 Å². The van der Waals surface area contributed by atoms with Crippen molar-refractivity contribution in [1.29, 1.82) is 0 Å². The molecule has 18 heavy (non-hydrogen) atoms. The molecule has 0 atom stereocenters. The molecule has 94 valence electrons. The Bertz CT molecular complexity index is 598. The number of ether oxygens (including phenoxy) is 1. The van der Waals surface area contributed by atoms with Crippen LogP contribution in [0.4, 0.5) is 0 Å². The molecule has 0 fully saturated rings. The van der Waals surface area contributed by atoms with Gasteiger partial charge in [0, 0.05) is 11.9 Å². The zero-order chi connectivity index (χ0) is 12.5. The maximum Gasteiger partial charge on any atom is 0.340 e. The largest absolute Gasteiger partial charge is 0.462 e. The van der Waals surface area contributed by atoms with E-state index in [-0.39, 0.29) is 5.97 Å². The molecule has 0 saturated heterocycles. The lowest BCUT2D eigenvalue weighted by atomic mass is 9.98. The number of rotatable bonds is 2. The topological polar surface area (TPSA) is 30.7 Å². The highest BCUT2D eigenvalue weighted by Crippen LogP contribution is 2.27. The quantitative estimate of drug-likeness (QED) is 0.759. The van der Waals surface area contributed by atoms with Gasteiger partial charge in [0.25, 0.3) is 0 Å². The van der Waals surface area contributed by atoms with E-state index in [1.165, 1.54) is 24.1 Å². The molecular formula is C15H17NO2. The van der Waals surface area contributed by atoms with E-state index in [2.05, 4.69) is 10.5 Å². The van der Waals surface area contributed by atoms with Crippen LogP contribution in [0.1, 0.15) is 41.4 Å². The van der Waals surface area contributed by atoms with Crippen LogP contribution >= 0.6 is 0 Å². The molecule has 0 aliphatic heterocycles. The maximum atomic E-state index is 11.9. The molecule has 0 saturated carbocycles. The minimum Gasteiger partial charge on any atom is -0.462 e. The number of carbonyl (C=O) groups excluding carboxylic acids is 1. The predicted molar refractivity (Wildman–Crippen MR) is 70.0 cm³/mol. The highest BCUT2D eigenvalue weighted by Gasteiger charge is 2.18. The van der Waals surface area contributed by atoms with Gasteiger partial charge in [0.05, 0.1) is 17.7 Å². The van der Waals surface area contributed by atoms with Crippen LogP contribution in [0, 0.1) is 0 Å². The molecule has 0 N–H and O–H groups in total. The average Bonchev–Trinajstić information content (AvgIpc) is 2.77. The van der Waals surface area contributed by atoms with E-state index >= 15 is 0 Å². The molecule has 0 amide bonds. The van der Waals surface area contributed by atoms with Gasteiger partial charge in [-0.15, -0.1) is 0 Å². The molecule has 1 aliphatic rings. The van der Waals surface area contributed by atoms with Crippen molar-refractivity contribution in [1.82, 2.24) is 4.40 Å². The molecule has 3 rings (SSSR count). The molecule has 3 heteroatoms. The van der Waals surface area contributed by atoms with Crippen molar-refractivity contribution in [3.63, 3.8) is 0 Å². The van der Waals surface area contributed by atoms with Gasteiger partial charge in [-0.1, -0.05) is 0 Å². The van der Waals surface area contributed by atoms with Gasteiger partial charge in [-0.2, -0.15) is 0 Å². The highest BCUT2D eigenvalue weighted by atomic mass is 16.5. The molecule has 0 unspecified atom stereocenters. The average molecular weight is 243 g/mol. The van der Waals surface area contributed by atoms with Crippen LogP contribution in [0.5, 0.6) is 0 Å². The van der Waals surface area contributed by atoms with Crippen LogP contribution < -0.4 is 0 Å². The molecule has 2 aromatic rings. The number of nitrogens with zero attached hydrogens (tertiary/aromatic N) is 1. The molecular weight excluding hydrogens is 226 g/mol. The summed E-state index contributed by atoms with van der Waals surface area (Å²) in [4.78, 5) is 11.9. The molecule has 0 spiro atoms. The van der Waals surface area contributed by atoms with Crippen LogP contribution in [0.15, 0.2) is 24.4 Å². The third-order valence-electron chi connectivity index (χ3n) is 3.61. The summed E-state index contributed by atoms with van der Waals surface area (Å²) in [5.74, 6) is -0.224. The lowest BCUT2D eigenvalue weighted by Gasteiger charge is -2.12. The Morgan fingerprint density at radius 3 is 3.06 bits per heavy atom. The number of aromatic nitrogens is 1. The SMILES string of the molecule is CCOC(=O)c1cccn2c3c(cc12)CCCC3. The summed E-state index contributed by atoms with van der Waals surface area (Å²) in [5.41, 5.74) is 4.41. The van der Waals surface area contributed by atoms with Crippen LogP contribution in [-0.2, 0) is 17.6 Å². The Morgan fingerprint density at radius 1 is 1.39 bits per heavy atom. The van der Waals surface area contributed by atoms with Gasteiger partial charge >= 0.3 is 5.97 Å². The summed E-state index contributed by atoms with van der Waals surface area (Å²) < 4.78 is 7.27. The van der Waals surface area contributed by atoms with E-state index in [4.69, 9.17) is 4.74 Å². The van der Waals surface area contributed by atoms with Gasteiger partial charge in [-0.05, 0) is 56.4 Å². The first-order valence-corrected chi connectivity index (χ1v) is 6.60. The van der Waals surface area contributed by atoms with E-state index < -0.39 is 0 Å². The lowest BCUT2D eigenvalue weighted by Crippen LogP contribution is -2.07. The number of pyridine rings is 1. The lowest BCUT2D eigenvalue weighted by molar-refractivity contribution is 0.0528. The maximum absolute atomic E-state index is 11.9. The van der Waals surface area contributed by atoms with E-state index in [0.29, 0.717) is 12.2 Å². The first-order valence-electron chi connectivity index (χ1n) is 6.60. The fraction of sp³-hybridized carbons (Fsp3) is 0.400. The summed E-state index contributed by atoms with van der Waals surface area (Å²) in [6.07, 6.45) is 6.76. The Balaban J connectivity index is 2.16. The van der Waals surface area contributed by atoms with Crippen molar-refractivity contribution in [3.05, 3.63) is 41.2 Å². The van der Waals surface area contributed by atoms with Crippen molar-refractivity contribution >= 4 is 11.5 Å². The Hall–Kier alpha value is -1.77. The van der Waals surface area contributed by atoms with Gasteiger partial charge in [-0.25, -0.2) is 4.79 Å². The molecule has 0 aromatic carbocycles.